The molecule has 1 aliphatic rings. The average Bonchev–Trinajstić information content (AvgIpc) is 3.38. The summed E-state index contributed by atoms with van der Waals surface area (Å²) in [6, 6.07) is 12.7. The Labute approximate surface area is 194 Å². The Morgan fingerprint density at radius 2 is 1.81 bits per heavy atom. The molecular formula is C24H22ClFN2O3S. The number of rotatable bonds is 6. The normalized spacial score (nSPS) is 13.7. The molecule has 32 heavy (non-hydrogen) atoms. The van der Waals surface area contributed by atoms with Crippen molar-refractivity contribution in [3.8, 4) is 5.75 Å². The average molecular weight is 473 g/mol. The van der Waals surface area contributed by atoms with Crippen molar-refractivity contribution in [1.29, 1.82) is 0 Å². The molecule has 166 valence electrons. The first-order valence-corrected chi connectivity index (χ1v) is 11.5. The van der Waals surface area contributed by atoms with Crippen molar-refractivity contribution in [2.75, 3.05) is 10.6 Å². The van der Waals surface area contributed by atoms with Crippen LogP contribution >= 0.6 is 22.9 Å². The van der Waals surface area contributed by atoms with Crippen molar-refractivity contribution in [3.05, 3.63) is 75.4 Å². The number of halogens is 2. The fourth-order valence-electron chi connectivity index (χ4n) is 3.66. The molecule has 0 radical (unpaired) electrons. The summed E-state index contributed by atoms with van der Waals surface area (Å²) < 4.78 is 19.3. The van der Waals surface area contributed by atoms with Crippen molar-refractivity contribution in [1.82, 2.24) is 0 Å². The highest BCUT2D eigenvalue weighted by molar-refractivity contribution is 7.18. The lowest BCUT2D eigenvalue weighted by Gasteiger charge is -2.16. The van der Waals surface area contributed by atoms with Crippen LogP contribution in [0.2, 0.25) is 5.02 Å². The highest BCUT2D eigenvalue weighted by Gasteiger charge is 2.21. The largest absolute Gasteiger partial charge is 0.488 e. The first-order valence-electron chi connectivity index (χ1n) is 10.3. The molecule has 0 spiro atoms. The van der Waals surface area contributed by atoms with Gasteiger partial charge in [0.05, 0.1) is 32.3 Å². The molecule has 5 nitrogen and oxygen atoms in total. The third-order valence-corrected chi connectivity index (χ3v) is 6.73. The van der Waals surface area contributed by atoms with Gasteiger partial charge in [0.1, 0.15) is 11.6 Å². The monoisotopic (exact) mass is 472 g/mol. The maximum absolute atomic E-state index is 13.2. The van der Waals surface area contributed by atoms with Crippen molar-refractivity contribution >= 4 is 45.4 Å². The van der Waals surface area contributed by atoms with E-state index in [0.29, 0.717) is 21.3 Å². The van der Waals surface area contributed by atoms with Gasteiger partial charge in [0.25, 0.3) is 11.8 Å². The predicted molar refractivity (Wildman–Crippen MR) is 126 cm³/mol. The molecule has 0 bridgehead atoms. The molecule has 1 saturated carbocycles. The van der Waals surface area contributed by atoms with Crippen LogP contribution in [-0.4, -0.2) is 17.9 Å². The molecule has 0 aliphatic heterocycles. The van der Waals surface area contributed by atoms with Crippen LogP contribution in [0.3, 0.4) is 0 Å². The topological polar surface area (TPSA) is 67.4 Å². The maximum atomic E-state index is 13.2. The Hall–Kier alpha value is -2.90. The third-order valence-electron chi connectivity index (χ3n) is 5.27. The van der Waals surface area contributed by atoms with Gasteiger partial charge in [-0.05, 0) is 74.6 Å². The quantitative estimate of drug-likeness (QED) is 0.420. The summed E-state index contributed by atoms with van der Waals surface area (Å²) in [5, 5.41) is 6.17. The van der Waals surface area contributed by atoms with Gasteiger partial charge in [-0.1, -0.05) is 23.7 Å². The van der Waals surface area contributed by atoms with Crippen LogP contribution in [0.5, 0.6) is 5.75 Å². The number of carbonyl (C=O) groups is 2. The summed E-state index contributed by atoms with van der Waals surface area (Å²) in [5.41, 5.74) is 1.49. The van der Waals surface area contributed by atoms with Gasteiger partial charge in [-0.25, -0.2) is 4.39 Å². The summed E-state index contributed by atoms with van der Waals surface area (Å²) in [6.45, 7) is 1.80. The molecule has 1 aromatic heterocycles. The minimum atomic E-state index is -0.519. The zero-order chi connectivity index (χ0) is 22.7. The maximum Gasteiger partial charge on any atom is 0.266 e. The number of nitrogens with one attached hydrogen (secondary N) is 2. The van der Waals surface area contributed by atoms with Gasteiger partial charge in [0.15, 0.2) is 0 Å². The Kier molecular flexibility index (Phi) is 6.77. The van der Waals surface area contributed by atoms with Crippen LogP contribution in [0.4, 0.5) is 15.1 Å². The Bertz CT molecular complexity index is 1160. The van der Waals surface area contributed by atoms with Crippen LogP contribution in [-0.2, 0) is 0 Å². The predicted octanol–water partition coefficient (Wildman–Crippen LogP) is 6.68. The molecule has 2 aromatic carbocycles. The standard InChI is InChI=1S/C24H22ClFN2O3S/c1-14-12-21(28-23(29)17-11-10-15(26)13-18(17)25)32-22(14)24(30)27-19-8-4-5-9-20(19)31-16-6-2-3-7-16/h4-5,8-13,16H,2-3,6-7H2,1H3,(H,27,30)(H,28,29). The highest BCUT2D eigenvalue weighted by atomic mass is 35.5. The number of hydrogen-bond acceptors (Lipinski definition) is 4. The first-order chi connectivity index (χ1) is 15.4. The van der Waals surface area contributed by atoms with E-state index in [0.717, 1.165) is 48.6 Å². The molecule has 1 fully saturated rings. The van der Waals surface area contributed by atoms with Gasteiger partial charge >= 0.3 is 0 Å². The van der Waals surface area contributed by atoms with Gasteiger partial charge in [-0.15, -0.1) is 11.3 Å². The minimum Gasteiger partial charge on any atom is -0.488 e. The number of para-hydroxylation sites is 2. The summed E-state index contributed by atoms with van der Waals surface area (Å²) >= 11 is 7.13. The lowest BCUT2D eigenvalue weighted by molar-refractivity contribution is 0.101. The van der Waals surface area contributed by atoms with Crippen LogP contribution in [0.25, 0.3) is 0 Å². The lowest BCUT2D eigenvalue weighted by Crippen LogP contribution is -2.15. The van der Waals surface area contributed by atoms with Crippen molar-refractivity contribution in [2.24, 2.45) is 0 Å². The van der Waals surface area contributed by atoms with E-state index in [4.69, 9.17) is 16.3 Å². The van der Waals surface area contributed by atoms with Crippen LogP contribution < -0.4 is 15.4 Å². The fraction of sp³-hybridized carbons (Fsp3) is 0.250. The Balaban J connectivity index is 1.47. The van der Waals surface area contributed by atoms with E-state index in [1.165, 1.54) is 12.1 Å². The summed E-state index contributed by atoms with van der Waals surface area (Å²) in [5.74, 6) is -0.620. The molecule has 0 saturated heterocycles. The molecule has 3 aromatic rings. The fourth-order valence-corrected chi connectivity index (χ4v) is 4.88. The second kappa shape index (κ2) is 9.71. The van der Waals surface area contributed by atoms with Crippen LogP contribution in [0.15, 0.2) is 48.5 Å². The smallest absolute Gasteiger partial charge is 0.266 e. The molecule has 0 unspecified atom stereocenters. The molecule has 2 amide bonds. The van der Waals surface area contributed by atoms with E-state index >= 15 is 0 Å². The summed E-state index contributed by atoms with van der Waals surface area (Å²) in [4.78, 5) is 25.9. The van der Waals surface area contributed by atoms with E-state index in [1.807, 2.05) is 24.3 Å². The molecule has 0 atom stereocenters. The lowest BCUT2D eigenvalue weighted by atomic mass is 10.2. The number of thiophene rings is 1. The van der Waals surface area contributed by atoms with Gasteiger partial charge in [0.2, 0.25) is 0 Å². The van der Waals surface area contributed by atoms with E-state index < -0.39 is 11.7 Å². The molecular weight excluding hydrogens is 451 g/mol. The number of anilines is 2. The van der Waals surface area contributed by atoms with E-state index in [1.54, 1.807) is 13.0 Å². The number of ether oxygens (including phenoxy) is 1. The molecule has 2 N–H and O–H groups in total. The Morgan fingerprint density at radius 1 is 1.06 bits per heavy atom. The number of hydrogen-bond donors (Lipinski definition) is 2. The summed E-state index contributed by atoms with van der Waals surface area (Å²) in [7, 11) is 0. The zero-order valence-electron chi connectivity index (χ0n) is 17.4. The molecule has 4 rings (SSSR count). The number of amides is 2. The Morgan fingerprint density at radius 3 is 2.56 bits per heavy atom. The SMILES string of the molecule is Cc1cc(NC(=O)c2ccc(F)cc2Cl)sc1C(=O)Nc1ccccc1OC1CCCC1. The van der Waals surface area contributed by atoms with Crippen LogP contribution in [0.1, 0.15) is 51.3 Å². The highest BCUT2D eigenvalue weighted by Crippen LogP contribution is 2.32. The van der Waals surface area contributed by atoms with E-state index in [2.05, 4.69) is 10.6 Å². The number of benzene rings is 2. The van der Waals surface area contributed by atoms with Gasteiger partial charge in [-0.2, -0.15) is 0 Å². The second-order valence-electron chi connectivity index (χ2n) is 7.68. The molecule has 8 heteroatoms. The van der Waals surface area contributed by atoms with Crippen molar-refractivity contribution < 1.29 is 18.7 Å². The second-order valence-corrected chi connectivity index (χ2v) is 9.14. The summed E-state index contributed by atoms with van der Waals surface area (Å²) in [6.07, 6.45) is 4.54. The van der Waals surface area contributed by atoms with E-state index in [9.17, 15) is 14.0 Å². The van der Waals surface area contributed by atoms with Crippen LogP contribution in [0, 0.1) is 12.7 Å². The third kappa shape index (κ3) is 5.11. The minimum absolute atomic E-state index is 0.0209. The van der Waals surface area contributed by atoms with Crippen molar-refractivity contribution in [2.45, 2.75) is 38.7 Å². The zero-order valence-corrected chi connectivity index (χ0v) is 19.0. The van der Waals surface area contributed by atoms with Crippen molar-refractivity contribution in [3.63, 3.8) is 0 Å². The molecule has 1 aliphatic carbocycles. The van der Waals surface area contributed by atoms with Gasteiger partial charge in [-0.3, -0.25) is 9.59 Å². The number of carbonyl (C=O) groups excluding carboxylic acids is 2. The molecule has 1 heterocycles. The van der Waals surface area contributed by atoms with E-state index in [-0.39, 0.29) is 22.6 Å². The first kappa shape index (κ1) is 22.3. The van der Waals surface area contributed by atoms with Gasteiger partial charge in [0, 0.05) is 0 Å². The number of aryl methyl sites for hydroxylation is 1. The van der Waals surface area contributed by atoms with Gasteiger partial charge < -0.3 is 15.4 Å².